The number of unbranched alkanes of at least 4 members (excludes halogenated alkanes) is 14. The first kappa shape index (κ1) is 58.1. The highest BCUT2D eigenvalue weighted by atomic mass is 16.6. The summed E-state index contributed by atoms with van der Waals surface area (Å²) in [5.74, 6) is -1.02. The van der Waals surface area contributed by atoms with E-state index >= 15 is 0 Å². The van der Waals surface area contributed by atoms with Gasteiger partial charge in [0.1, 0.15) is 13.2 Å². The van der Waals surface area contributed by atoms with Crippen molar-refractivity contribution in [1.29, 1.82) is 0 Å². The van der Waals surface area contributed by atoms with Crippen molar-refractivity contribution < 1.29 is 28.6 Å². The summed E-state index contributed by atoms with van der Waals surface area (Å²) >= 11 is 0. The number of ether oxygens (including phenoxy) is 3. The Labute approximate surface area is 380 Å². The van der Waals surface area contributed by atoms with E-state index in [9.17, 15) is 14.4 Å². The van der Waals surface area contributed by atoms with Crippen molar-refractivity contribution in [2.24, 2.45) is 0 Å². The van der Waals surface area contributed by atoms with Gasteiger partial charge >= 0.3 is 17.9 Å². The van der Waals surface area contributed by atoms with E-state index in [1.54, 1.807) is 0 Å². The quantitative estimate of drug-likeness (QED) is 0.0263. The molecule has 0 saturated heterocycles. The fourth-order valence-corrected chi connectivity index (χ4v) is 6.35. The molecule has 0 bridgehead atoms. The average Bonchev–Trinajstić information content (AvgIpc) is 3.27. The molecule has 0 saturated carbocycles. The number of hydrogen-bond acceptors (Lipinski definition) is 6. The van der Waals surface area contributed by atoms with E-state index in [0.29, 0.717) is 19.3 Å². The normalized spacial score (nSPS) is 13.0. The Kier molecular flexibility index (Phi) is 46.6. The first-order chi connectivity index (χ1) is 30.5. The van der Waals surface area contributed by atoms with Crippen molar-refractivity contribution in [3.05, 3.63) is 109 Å². The SMILES string of the molecule is CC/C=C\C/C=C\C/C=C\C/C=C\C/C=C\CCCC(=O)OCC(COC(=O)CCCCCCCCCCCCCC)OC(=O)CCCC/C=C\C/C=C\C/C=C\C/C=C\CC. The molecule has 1 atom stereocenters. The van der Waals surface area contributed by atoms with Crippen molar-refractivity contribution >= 4 is 17.9 Å². The lowest BCUT2D eigenvalue weighted by atomic mass is 10.0. The third-order valence-corrected chi connectivity index (χ3v) is 10.0. The zero-order valence-corrected chi connectivity index (χ0v) is 39.8. The molecule has 1 unspecified atom stereocenters. The molecule has 0 fully saturated rings. The molecule has 0 aliphatic rings. The highest BCUT2D eigenvalue weighted by molar-refractivity contribution is 5.71. The summed E-state index contributed by atoms with van der Waals surface area (Å²) in [6.07, 6.45) is 66.5. The van der Waals surface area contributed by atoms with E-state index in [2.05, 4.69) is 130 Å². The van der Waals surface area contributed by atoms with Crippen LogP contribution in [0, 0.1) is 0 Å². The molecule has 0 rings (SSSR count). The van der Waals surface area contributed by atoms with Crippen molar-refractivity contribution in [2.45, 2.75) is 213 Å². The Morgan fingerprint density at radius 1 is 0.339 bits per heavy atom. The van der Waals surface area contributed by atoms with E-state index in [-0.39, 0.29) is 44.0 Å². The lowest BCUT2D eigenvalue weighted by molar-refractivity contribution is -0.167. The molecule has 0 amide bonds. The third-order valence-electron chi connectivity index (χ3n) is 10.0. The van der Waals surface area contributed by atoms with Gasteiger partial charge in [-0.2, -0.15) is 0 Å². The second-order valence-electron chi connectivity index (χ2n) is 16.0. The predicted molar refractivity (Wildman–Crippen MR) is 265 cm³/mol. The minimum absolute atomic E-state index is 0.113. The second kappa shape index (κ2) is 49.7. The second-order valence-corrected chi connectivity index (χ2v) is 16.0. The molecular weight excluding hydrogens is 769 g/mol. The number of carbonyl (C=O) groups is 3. The molecule has 0 aromatic rings. The molecule has 0 N–H and O–H groups in total. The van der Waals surface area contributed by atoms with Gasteiger partial charge < -0.3 is 14.2 Å². The fraction of sp³-hybridized carbons (Fsp3) is 0.625. The van der Waals surface area contributed by atoms with Crippen LogP contribution in [-0.4, -0.2) is 37.2 Å². The standard InChI is InChI=1S/C56H90O6/c1-4-7-10-13-16-19-22-25-27-28-30-31-34-37-40-43-46-49-55(58)61-52-53(51-60-54(57)48-45-42-39-36-33-24-21-18-15-12-9-6-3)62-56(59)50-47-44-41-38-35-32-29-26-23-20-17-14-11-8-5-2/h7-8,10-11,16-17,19-20,25-27,29-31,35,37-38,40,53H,4-6,9,12-15,18,21-24,28,32-34,36,39,41-52H2,1-3H3/b10-7-,11-8-,19-16-,20-17-,27-25-,29-26-,31-30-,38-35-,40-37-. The van der Waals surface area contributed by atoms with Crippen LogP contribution >= 0.6 is 0 Å². The molecule has 350 valence electrons. The maximum absolute atomic E-state index is 12.8. The van der Waals surface area contributed by atoms with Crippen molar-refractivity contribution in [1.82, 2.24) is 0 Å². The lowest BCUT2D eigenvalue weighted by Crippen LogP contribution is -2.30. The van der Waals surface area contributed by atoms with Crippen molar-refractivity contribution in [3.63, 3.8) is 0 Å². The molecule has 62 heavy (non-hydrogen) atoms. The molecule has 0 aromatic carbocycles. The van der Waals surface area contributed by atoms with Crippen LogP contribution in [0.2, 0.25) is 0 Å². The van der Waals surface area contributed by atoms with Crippen LogP contribution < -0.4 is 0 Å². The van der Waals surface area contributed by atoms with Crippen LogP contribution in [0.3, 0.4) is 0 Å². The Morgan fingerprint density at radius 2 is 0.645 bits per heavy atom. The van der Waals surface area contributed by atoms with Crippen molar-refractivity contribution in [2.75, 3.05) is 13.2 Å². The average molecular weight is 859 g/mol. The van der Waals surface area contributed by atoms with Gasteiger partial charge in [0, 0.05) is 19.3 Å². The summed E-state index contributed by atoms with van der Waals surface area (Å²) < 4.78 is 16.7. The Balaban J connectivity index is 4.56. The summed E-state index contributed by atoms with van der Waals surface area (Å²) in [5.41, 5.74) is 0. The topological polar surface area (TPSA) is 78.9 Å². The van der Waals surface area contributed by atoms with Gasteiger partial charge in [0.05, 0.1) is 0 Å². The Bertz CT molecular complexity index is 1310. The third kappa shape index (κ3) is 47.1. The summed E-state index contributed by atoms with van der Waals surface area (Å²) in [6.45, 7) is 6.30. The van der Waals surface area contributed by atoms with Gasteiger partial charge in [-0.25, -0.2) is 0 Å². The summed E-state index contributed by atoms with van der Waals surface area (Å²) in [4.78, 5) is 37.9. The molecule has 0 aliphatic heterocycles. The molecule has 0 heterocycles. The van der Waals surface area contributed by atoms with Crippen LogP contribution in [0.4, 0.5) is 0 Å². The number of esters is 3. The fourth-order valence-electron chi connectivity index (χ4n) is 6.35. The van der Waals surface area contributed by atoms with Gasteiger partial charge in [-0.1, -0.05) is 201 Å². The largest absolute Gasteiger partial charge is 0.462 e. The molecule has 0 aliphatic carbocycles. The van der Waals surface area contributed by atoms with Crippen LogP contribution in [0.25, 0.3) is 0 Å². The van der Waals surface area contributed by atoms with E-state index < -0.39 is 6.10 Å². The van der Waals surface area contributed by atoms with Gasteiger partial charge in [-0.3, -0.25) is 14.4 Å². The maximum atomic E-state index is 12.8. The summed E-state index contributed by atoms with van der Waals surface area (Å²) in [7, 11) is 0. The van der Waals surface area contributed by atoms with Gasteiger partial charge in [0.2, 0.25) is 0 Å². The molecule has 0 radical (unpaired) electrons. The monoisotopic (exact) mass is 859 g/mol. The Hall–Kier alpha value is -3.93. The summed E-state index contributed by atoms with van der Waals surface area (Å²) in [5, 5.41) is 0. The zero-order valence-electron chi connectivity index (χ0n) is 39.8. The van der Waals surface area contributed by atoms with E-state index in [4.69, 9.17) is 14.2 Å². The number of carbonyl (C=O) groups excluding carboxylic acids is 3. The van der Waals surface area contributed by atoms with Gasteiger partial charge in [-0.15, -0.1) is 0 Å². The van der Waals surface area contributed by atoms with Crippen LogP contribution in [0.15, 0.2) is 109 Å². The highest BCUT2D eigenvalue weighted by Crippen LogP contribution is 2.13. The van der Waals surface area contributed by atoms with Gasteiger partial charge in [0.15, 0.2) is 6.10 Å². The lowest BCUT2D eigenvalue weighted by Gasteiger charge is -2.18. The van der Waals surface area contributed by atoms with Crippen LogP contribution in [0.1, 0.15) is 207 Å². The van der Waals surface area contributed by atoms with E-state index in [1.165, 1.54) is 57.8 Å². The molecule has 6 nitrogen and oxygen atoms in total. The smallest absolute Gasteiger partial charge is 0.306 e. The van der Waals surface area contributed by atoms with E-state index in [1.807, 2.05) is 0 Å². The van der Waals surface area contributed by atoms with Gasteiger partial charge in [0.25, 0.3) is 0 Å². The maximum Gasteiger partial charge on any atom is 0.306 e. The first-order valence-electron chi connectivity index (χ1n) is 24.9. The number of hydrogen-bond donors (Lipinski definition) is 0. The summed E-state index contributed by atoms with van der Waals surface area (Å²) in [6, 6.07) is 0. The number of rotatable bonds is 43. The minimum Gasteiger partial charge on any atom is -0.462 e. The van der Waals surface area contributed by atoms with Crippen molar-refractivity contribution in [3.8, 4) is 0 Å². The van der Waals surface area contributed by atoms with Crippen LogP contribution in [-0.2, 0) is 28.6 Å². The van der Waals surface area contributed by atoms with E-state index in [0.717, 1.165) is 96.3 Å². The Morgan fingerprint density at radius 3 is 1.05 bits per heavy atom. The highest BCUT2D eigenvalue weighted by Gasteiger charge is 2.19. The zero-order chi connectivity index (χ0) is 45.1. The molecule has 0 spiro atoms. The van der Waals surface area contributed by atoms with Gasteiger partial charge in [-0.05, 0) is 96.3 Å². The first-order valence-corrected chi connectivity index (χ1v) is 24.9. The molecule has 0 aromatic heterocycles. The van der Waals surface area contributed by atoms with Crippen LogP contribution in [0.5, 0.6) is 0 Å². The minimum atomic E-state index is -0.822. The molecular formula is C56H90O6. The number of allylic oxidation sites excluding steroid dienone is 18. The molecule has 6 heteroatoms. The predicted octanol–water partition coefficient (Wildman–Crippen LogP) is 16.4.